The number of nitrogens with zero attached hydrogens (tertiary/aromatic N) is 2. The number of nitrogens with one attached hydrogen (secondary N) is 2. The number of rotatable bonds is 9. The van der Waals surface area contributed by atoms with Gasteiger partial charge in [-0.05, 0) is 36.6 Å². The van der Waals surface area contributed by atoms with Crippen molar-refractivity contribution in [1.29, 1.82) is 10.8 Å². The Morgan fingerprint density at radius 3 is 2.35 bits per heavy atom. The van der Waals surface area contributed by atoms with Crippen LogP contribution in [-0.2, 0) is 4.79 Å². The molecule has 0 aromatic heterocycles. The van der Waals surface area contributed by atoms with Crippen LogP contribution in [-0.4, -0.2) is 35.9 Å². The first-order valence-corrected chi connectivity index (χ1v) is 9.26. The molecule has 6 heteroatoms. The van der Waals surface area contributed by atoms with Gasteiger partial charge < -0.3 is 5.41 Å². The molecule has 2 N–H and O–H groups in total. The van der Waals surface area contributed by atoms with E-state index in [2.05, 4.69) is 9.98 Å². The van der Waals surface area contributed by atoms with Gasteiger partial charge in [-0.25, -0.2) is 0 Å². The predicted octanol–water partition coefficient (Wildman–Crippen LogP) is 4.90. The van der Waals surface area contributed by atoms with Gasteiger partial charge in [-0.3, -0.25) is 20.2 Å². The number of hydrogen-bond acceptors (Lipinski definition) is 6. The molecule has 0 aliphatic heterocycles. The second kappa shape index (κ2) is 10.2. The fourth-order valence-electron chi connectivity index (χ4n) is 2.05. The zero-order valence-electron chi connectivity index (χ0n) is 14.5. The first-order chi connectivity index (χ1) is 12.6. The number of carbonyl (C=O) groups excluding carboxylic acids is 1. The van der Waals surface area contributed by atoms with Crippen molar-refractivity contribution in [3.8, 4) is 0 Å². The zero-order chi connectivity index (χ0) is 18.8. The Balaban J connectivity index is 1.84. The molecule has 0 atom stereocenters. The molecule has 0 fully saturated rings. The summed E-state index contributed by atoms with van der Waals surface area (Å²) in [4.78, 5) is 21.6. The molecule has 2 aromatic rings. The Morgan fingerprint density at radius 1 is 0.962 bits per heavy atom. The molecule has 0 unspecified atom stereocenters. The number of Topliss-reactive ketones (excluding diaryl/α,β-unsaturated/α-hetero) is 1. The highest BCUT2D eigenvalue weighted by atomic mass is 32.2. The second-order valence-corrected chi connectivity index (χ2v) is 6.23. The summed E-state index contributed by atoms with van der Waals surface area (Å²) in [7, 11) is 0. The third-order valence-electron chi connectivity index (χ3n) is 3.44. The molecule has 0 aliphatic rings. The molecule has 26 heavy (non-hydrogen) atoms. The van der Waals surface area contributed by atoms with Gasteiger partial charge in [0.05, 0.1) is 17.1 Å². The average molecular weight is 364 g/mol. The SMILES string of the molecule is CSc1cccc(N=CCC(=O)C(=N)C(=N)CC=Nc2ccccc2)c1. The van der Waals surface area contributed by atoms with Crippen LogP contribution in [0.25, 0.3) is 0 Å². The molecule has 0 saturated heterocycles. The third kappa shape index (κ3) is 6.22. The van der Waals surface area contributed by atoms with Crippen molar-refractivity contribution in [1.82, 2.24) is 0 Å². The average Bonchev–Trinajstić information content (AvgIpc) is 2.68. The van der Waals surface area contributed by atoms with E-state index in [1.807, 2.05) is 60.9 Å². The van der Waals surface area contributed by atoms with Gasteiger partial charge in [-0.15, -0.1) is 11.8 Å². The summed E-state index contributed by atoms with van der Waals surface area (Å²) in [6.07, 6.45) is 5.16. The van der Waals surface area contributed by atoms with Gasteiger partial charge in [0.1, 0.15) is 5.71 Å². The lowest BCUT2D eigenvalue weighted by Crippen LogP contribution is -2.22. The highest BCUT2D eigenvalue weighted by molar-refractivity contribution is 7.98. The summed E-state index contributed by atoms with van der Waals surface area (Å²) in [6.45, 7) is 0. The molecule has 0 saturated carbocycles. The fourth-order valence-corrected chi connectivity index (χ4v) is 2.51. The molecule has 0 radical (unpaired) electrons. The monoisotopic (exact) mass is 364 g/mol. The van der Waals surface area contributed by atoms with Crippen LogP contribution < -0.4 is 0 Å². The van der Waals surface area contributed by atoms with E-state index >= 15 is 0 Å². The summed E-state index contributed by atoms with van der Waals surface area (Å²) in [5.41, 5.74) is 1.19. The molecule has 132 valence electrons. The summed E-state index contributed by atoms with van der Waals surface area (Å²) in [5, 5.41) is 15.7. The van der Waals surface area contributed by atoms with E-state index in [0.717, 1.165) is 16.3 Å². The number of para-hydroxylation sites is 1. The molecule has 0 bridgehead atoms. The Bertz CT molecular complexity index is 844. The molecule has 0 aliphatic carbocycles. The van der Waals surface area contributed by atoms with Gasteiger partial charge in [0.2, 0.25) is 0 Å². The lowest BCUT2D eigenvalue weighted by molar-refractivity contribution is -0.111. The van der Waals surface area contributed by atoms with Crippen molar-refractivity contribution in [2.24, 2.45) is 9.98 Å². The van der Waals surface area contributed by atoms with Gasteiger partial charge in [0.25, 0.3) is 0 Å². The summed E-state index contributed by atoms with van der Waals surface area (Å²) in [6, 6.07) is 17.0. The summed E-state index contributed by atoms with van der Waals surface area (Å²) < 4.78 is 0. The van der Waals surface area contributed by atoms with Gasteiger partial charge in [-0.2, -0.15) is 0 Å². The number of carbonyl (C=O) groups is 1. The Kier molecular flexibility index (Phi) is 7.64. The fraction of sp³-hybridized carbons (Fsp3) is 0.150. The molecule has 0 spiro atoms. The van der Waals surface area contributed by atoms with Crippen LogP contribution in [0.3, 0.4) is 0 Å². The molecule has 0 amide bonds. The first kappa shape index (κ1) is 19.5. The van der Waals surface area contributed by atoms with E-state index in [9.17, 15) is 4.79 Å². The van der Waals surface area contributed by atoms with Crippen molar-refractivity contribution in [3.05, 3.63) is 54.6 Å². The van der Waals surface area contributed by atoms with Crippen LogP contribution in [0.4, 0.5) is 11.4 Å². The molecular weight excluding hydrogens is 344 g/mol. The van der Waals surface area contributed by atoms with Crippen molar-refractivity contribution < 1.29 is 4.79 Å². The maximum atomic E-state index is 12.0. The molecule has 2 aromatic carbocycles. The van der Waals surface area contributed by atoms with Crippen LogP contribution in [0.15, 0.2) is 69.5 Å². The lowest BCUT2D eigenvalue weighted by atomic mass is 10.1. The molecule has 5 nitrogen and oxygen atoms in total. The number of thioether (sulfide) groups is 1. The quantitative estimate of drug-likeness (QED) is 0.489. The van der Waals surface area contributed by atoms with Gasteiger partial charge in [0.15, 0.2) is 5.78 Å². The lowest BCUT2D eigenvalue weighted by Gasteiger charge is -2.01. The topological polar surface area (TPSA) is 89.5 Å². The van der Waals surface area contributed by atoms with Gasteiger partial charge >= 0.3 is 0 Å². The van der Waals surface area contributed by atoms with Gasteiger partial charge in [0, 0.05) is 30.2 Å². The van der Waals surface area contributed by atoms with E-state index in [-0.39, 0.29) is 24.3 Å². The van der Waals surface area contributed by atoms with Crippen molar-refractivity contribution >= 4 is 52.8 Å². The highest BCUT2D eigenvalue weighted by Gasteiger charge is 2.12. The number of benzene rings is 2. The summed E-state index contributed by atoms with van der Waals surface area (Å²) >= 11 is 1.62. The second-order valence-electron chi connectivity index (χ2n) is 5.35. The van der Waals surface area contributed by atoms with E-state index in [0.29, 0.717) is 0 Å². The largest absolute Gasteiger partial charge is 0.303 e. The number of hydrogen-bond donors (Lipinski definition) is 2. The van der Waals surface area contributed by atoms with E-state index < -0.39 is 5.78 Å². The minimum atomic E-state index is -0.423. The maximum Gasteiger partial charge on any atom is 0.187 e. The maximum absolute atomic E-state index is 12.0. The molecular formula is C20H20N4OS. The molecule has 2 rings (SSSR count). The van der Waals surface area contributed by atoms with E-state index in [1.54, 1.807) is 18.0 Å². The Labute approximate surface area is 157 Å². The number of ketones is 1. The first-order valence-electron chi connectivity index (χ1n) is 8.04. The van der Waals surface area contributed by atoms with Crippen LogP contribution in [0.1, 0.15) is 12.8 Å². The van der Waals surface area contributed by atoms with Crippen molar-refractivity contribution in [3.63, 3.8) is 0 Å². The Hall–Kier alpha value is -2.86. The van der Waals surface area contributed by atoms with Crippen molar-refractivity contribution in [2.75, 3.05) is 6.26 Å². The standard InChI is InChI=1S/C20H20N4OS/c1-26-17-9-5-8-16(14-17)24-13-11-19(25)20(22)18(21)10-12-23-15-6-3-2-4-7-15/h2-9,12-14,21-22H,10-11H2,1H3. The normalized spacial score (nSPS) is 11.1. The van der Waals surface area contributed by atoms with Crippen LogP contribution in [0, 0.1) is 10.8 Å². The van der Waals surface area contributed by atoms with E-state index in [1.165, 1.54) is 6.21 Å². The summed E-state index contributed by atoms with van der Waals surface area (Å²) in [5.74, 6) is -0.423. The Morgan fingerprint density at radius 2 is 1.62 bits per heavy atom. The smallest absolute Gasteiger partial charge is 0.187 e. The third-order valence-corrected chi connectivity index (χ3v) is 4.17. The highest BCUT2D eigenvalue weighted by Crippen LogP contribution is 2.20. The molecule has 0 heterocycles. The van der Waals surface area contributed by atoms with Crippen molar-refractivity contribution in [2.45, 2.75) is 17.7 Å². The van der Waals surface area contributed by atoms with Crippen LogP contribution >= 0.6 is 11.8 Å². The number of aliphatic imine (C=N–C) groups is 2. The minimum absolute atomic E-state index is 0.000533. The van der Waals surface area contributed by atoms with E-state index in [4.69, 9.17) is 10.8 Å². The minimum Gasteiger partial charge on any atom is -0.303 e. The predicted molar refractivity (Wildman–Crippen MR) is 111 cm³/mol. The van der Waals surface area contributed by atoms with Crippen LogP contribution in [0.2, 0.25) is 0 Å². The van der Waals surface area contributed by atoms with Gasteiger partial charge in [-0.1, -0.05) is 24.3 Å². The van der Waals surface area contributed by atoms with Crippen LogP contribution in [0.5, 0.6) is 0 Å². The zero-order valence-corrected chi connectivity index (χ0v) is 15.3.